The Bertz CT molecular complexity index is 743. The summed E-state index contributed by atoms with van der Waals surface area (Å²) in [7, 11) is -3.84. The van der Waals surface area contributed by atoms with E-state index in [4.69, 9.17) is 34.8 Å². The third kappa shape index (κ3) is 3.17. The molecular formula is C12H9Cl3N2O2S. The molecular weight excluding hydrogens is 343 g/mol. The summed E-state index contributed by atoms with van der Waals surface area (Å²) in [6.45, 7) is 1.75. The van der Waals surface area contributed by atoms with Crippen molar-refractivity contribution in [3.63, 3.8) is 0 Å². The fourth-order valence-electron chi connectivity index (χ4n) is 1.51. The van der Waals surface area contributed by atoms with Crippen LogP contribution in [0.5, 0.6) is 0 Å². The highest BCUT2D eigenvalue weighted by Crippen LogP contribution is 2.29. The summed E-state index contributed by atoms with van der Waals surface area (Å²) in [5.41, 5.74) is 1.02. The third-order valence-corrected chi connectivity index (χ3v) is 4.86. The van der Waals surface area contributed by atoms with Gasteiger partial charge < -0.3 is 0 Å². The highest BCUT2D eigenvalue weighted by molar-refractivity contribution is 7.92. The van der Waals surface area contributed by atoms with Gasteiger partial charge in [0.15, 0.2) is 0 Å². The van der Waals surface area contributed by atoms with Crippen molar-refractivity contribution in [3.8, 4) is 0 Å². The first-order chi connectivity index (χ1) is 9.31. The summed E-state index contributed by atoms with van der Waals surface area (Å²) in [5, 5.41) is 0.409. The Morgan fingerprint density at radius 2 is 1.85 bits per heavy atom. The molecule has 0 bridgehead atoms. The molecule has 106 valence electrons. The number of nitrogens with zero attached hydrogens (tertiary/aromatic N) is 1. The number of hydrogen-bond acceptors (Lipinski definition) is 3. The Kier molecular flexibility index (Phi) is 4.44. The van der Waals surface area contributed by atoms with Crippen molar-refractivity contribution in [2.75, 3.05) is 4.72 Å². The molecule has 0 aliphatic heterocycles. The fourth-order valence-corrected chi connectivity index (χ4v) is 3.29. The normalized spacial score (nSPS) is 11.4. The summed E-state index contributed by atoms with van der Waals surface area (Å²) in [5.74, 6) is 0. The monoisotopic (exact) mass is 350 g/mol. The van der Waals surface area contributed by atoms with Crippen molar-refractivity contribution in [1.82, 2.24) is 4.98 Å². The van der Waals surface area contributed by atoms with Crippen molar-refractivity contribution in [3.05, 3.63) is 51.2 Å². The van der Waals surface area contributed by atoms with Gasteiger partial charge in [0.05, 0.1) is 15.7 Å². The molecule has 1 heterocycles. The molecule has 0 aliphatic rings. The second kappa shape index (κ2) is 5.77. The molecule has 0 aliphatic carbocycles. The van der Waals surface area contributed by atoms with Crippen LogP contribution in [0.3, 0.4) is 0 Å². The lowest BCUT2D eigenvalue weighted by Gasteiger charge is -2.12. The van der Waals surface area contributed by atoms with E-state index in [1.165, 1.54) is 6.07 Å². The Morgan fingerprint density at radius 3 is 2.45 bits per heavy atom. The molecule has 0 unspecified atom stereocenters. The smallest absolute Gasteiger partial charge is 0.263 e. The minimum atomic E-state index is -3.84. The maximum Gasteiger partial charge on any atom is 0.263 e. The minimum Gasteiger partial charge on any atom is -0.278 e. The summed E-state index contributed by atoms with van der Waals surface area (Å²) in [4.78, 5) is 3.62. The second-order valence-electron chi connectivity index (χ2n) is 3.98. The van der Waals surface area contributed by atoms with E-state index in [1.54, 1.807) is 25.1 Å². The van der Waals surface area contributed by atoms with Crippen LogP contribution in [0.4, 0.5) is 5.69 Å². The lowest BCUT2D eigenvalue weighted by atomic mass is 10.2. The first-order valence-electron chi connectivity index (χ1n) is 5.40. The summed E-state index contributed by atoms with van der Waals surface area (Å²) < 4.78 is 26.9. The van der Waals surface area contributed by atoms with Gasteiger partial charge in [-0.05, 0) is 24.6 Å². The SMILES string of the molecule is Cc1cccc(Cl)c1NS(=O)(=O)c1cnc(Cl)c(Cl)c1. The number of halogens is 3. The van der Waals surface area contributed by atoms with Gasteiger partial charge in [-0.2, -0.15) is 0 Å². The molecule has 1 N–H and O–H groups in total. The Morgan fingerprint density at radius 1 is 1.15 bits per heavy atom. The number of aromatic nitrogens is 1. The molecule has 0 fully saturated rings. The highest BCUT2D eigenvalue weighted by Gasteiger charge is 2.18. The number of aryl methyl sites for hydroxylation is 1. The molecule has 1 aromatic carbocycles. The van der Waals surface area contributed by atoms with Crippen LogP contribution in [0, 0.1) is 6.92 Å². The van der Waals surface area contributed by atoms with Gasteiger partial charge in [-0.3, -0.25) is 4.72 Å². The number of rotatable bonds is 3. The first kappa shape index (κ1) is 15.4. The molecule has 2 aromatic rings. The topological polar surface area (TPSA) is 59.1 Å². The molecule has 0 saturated carbocycles. The van der Waals surface area contributed by atoms with Gasteiger partial charge in [-0.1, -0.05) is 46.9 Å². The average molecular weight is 352 g/mol. The molecule has 0 atom stereocenters. The van der Waals surface area contributed by atoms with Crippen molar-refractivity contribution in [2.24, 2.45) is 0 Å². The summed E-state index contributed by atoms with van der Waals surface area (Å²) in [6, 6.07) is 6.30. The van der Waals surface area contributed by atoms with Gasteiger partial charge >= 0.3 is 0 Å². The molecule has 0 amide bonds. The van der Waals surface area contributed by atoms with E-state index in [0.717, 1.165) is 6.20 Å². The lowest BCUT2D eigenvalue weighted by Crippen LogP contribution is -2.14. The van der Waals surface area contributed by atoms with E-state index in [0.29, 0.717) is 16.3 Å². The molecule has 0 saturated heterocycles. The molecule has 8 heteroatoms. The second-order valence-corrected chi connectivity index (χ2v) is 6.84. The third-order valence-electron chi connectivity index (χ3n) is 2.54. The van der Waals surface area contributed by atoms with Crippen molar-refractivity contribution >= 4 is 50.5 Å². The highest BCUT2D eigenvalue weighted by atomic mass is 35.5. The Balaban J connectivity index is 2.43. The number of benzene rings is 1. The molecule has 0 spiro atoms. The Labute approximate surface area is 131 Å². The van der Waals surface area contributed by atoms with E-state index in [1.807, 2.05) is 0 Å². The van der Waals surface area contributed by atoms with Gasteiger partial charge in [0.2, 0.25) is 0 Å². The number of nitrogens with one attached hydrogen (secondary N) is 1. The zero-order chi connectivity index (χ0) is 14.9. The van der Waals surface area contributed by atoms with Gasteiger partial charge in [-0.25, -0.2) is 13.4 Å². The van der Waals surface area contributed by atoms with Gasteiger partial charge in [0.25, 0.3) is 10.0 Å². The van der Waals surface area contributed by atoms with Crippen LogP contribution in [0.25, 0.3) is 0 Å². The standard InChI is InChI=1S/C12H9Cl3N2O2S/c1-7-3-2-4-9(13)11(7)17-20(18,19)8-5-10(14)12(15)16-6-8/h2-6,17H,1H3. The van der Waals surface area contributed by atoms with E-state index in [2.05, 4.69) is 9.71 Å². The van der Waals surface area contributed by atoms with Gasteiger partial charge in [0.1, 0.15) is 10.0 Å². The van der Waals surface area contributed by atoms with Crippen LogP contribution in [0.15, 0.2) is 35.4 Å². The maximum atomic E-state index is 12.3. The van der Waals surface area contributed by atoms with Crippen molar-refractivity contribution in [1.29, 1.82) is 0 Å². The lowest BCUT2D eigenvalue weighted by molar-refractivity contribution is 0.601. The van der Waals surface area contributed by atoms with Crippen LogP contribution < -0.4 is 4.72 Å². The Hall–Kier alpha value is -1.01. The molecule has 4 nitrogen and oxygen atoms in total. The predicted octanol–water partition coefficient (Wildman–Crippen LogP) is 4.15. The van der Waals surface area contributed by atoms with Crippen molar-refractivity contribution in [2.45, 2.75) is 11.8 Å². The van der Waals surface area contributed by atoms with Crippen LogP contribution in [0.1, 0.15) is 5.56 Å². The van der Waals surface area contributed by atoms with Gasteiger partial charge in [-0.15, -0.1) is 0 Å². The largest absolute Gasteiger partial charge is 0.278 e. The predicted molar refractivity (Wildman–Crippen MR) is 81.3 cm³/mol. The first-order valence-corrected chi connectivity index (χ1v) is 8.02. The number of pyridine rings is 1. The van der Waals surface area contributed by atoms with Crippen LogP contribution in [0.2, 0.25) is 15.2 Å². The molecule has 20 heavy (non-hydrogen) atoms. The number of anilines is 1. The molecule has 2 rings (SSSR count). The zero-order valence-electron chi connectivity index (χ0n) is 10.2. The van der Waals surface area contributed by atoms with E-state index in [9.17, 15) is 8.42 Å². The number of hydrogen-bond donors (Lipinski definition) is 1. The van der Waals surface area contributed by atoms with Crippen LogP contribution in [-0.4, -0.2) is 13.4 Å². The summed E-state index contributed by atoms with van der Waals surface area (Å²) >= 11 is 17.4. The van der Waals surface area contributed by atoms with E-state index < -0.39 is 10.0 Å². The molecule has 0 radical (unpaired) electrons. The average Bonchev–Trinajstić information content (AvgIpc) is 2.37. The maximum absolute atomic E-state index is 12.3. The minimum absolute atomic E-state index is 0.0412. The number of para-hydroxylation sites is 1. The van der Waals surface area contributed by atoms with E-state index in [-0.39, 0.29) is 15.1 Å². The molecule has 1 aromatic heterocycles. The van der Waals surface area contributed by atoms with Crippen molar-refractivity contribution < 1.29 is 8.42 Å². The van der Waals surface area contributed by atoms with Crippen LogP contribution in [-0.2, 0) is 10.0 Å². The quantitative estimate of drug-likeness (QED) is 0.845. The summed E-state index contributed by atoms with van der Waals surface area (Å²) in [6.07, 6.45) is 1.13. The van der Waals surface area contributed by atoms with Crippen LogP contribution >= 0.6 is 34.8 Å². The number of sulfonamides is 1. The van der Waals surface area contributed by atoms with Gasteiger partial charge in [0, 0.05) is 6.20 Å². The van der Waals surface area contributed by atoms with E-state index >= 15 is 0 Å². The fraction of sp³-hybridized carbons (Fsp3) is 0.0833. The zero-order valence-corrected chi connectivity index (χ0v) is 13.3.